The highest BCUT2D eigenvalue weighted by atomic mass is 32.2. The predicted octanol–water partition coefficient (Wildman–Crippen LogP) is 4.35. The second-order valence-corrected chi connectivity index (χ2v) is 6.37. The molecule has 0 aliphatic heterocycles. The van der Waals surface area contributed by atoms with Crippen LogP contribution in [0.15, 0.2) is 29.4 Å². The van der Waals surface area contributed by atoms with Crippen LogP contribution in [-0.2, 0) is 6.54 Å². The van der Waals surface area contributed by atoms with Crippen LogP contribution in [0.2, 0.25) is 0 Å². The van der Waals surface area contributed by atoms with Gasteiger partial charge in [-0.1, -0.05) is 17.8 Å². The Hall–Kier alpha value is -1.76. The first-order chi connectivity index (χ1) is 10.7. The van der Waals surface area contributed by atoms with Gasteiger partial charge in [0, 0.05) is 23.1 Å². The number of carbonyl (C=O) groups is 1. The molecule has 0 unspecified atom stereocenters. The summed E-state index contributed by atoms with van der Waals surface area (Å²) in [5.41, 5.74) is 2.15. The van der Waals surface area contributed by atoms with Crippen molar-refractivity contribution in [2.24, 2.45) is 0 Å². The number of ketones is 1. The van der Waals surface area contributed by atoms with E-state index in [2.05, 4.69) is 4.98 Å². The van der Waals surface area contributed by atoms with Crippen molar-refractivity contribution >= 4 is 17.5 Å². The Morgan fingerprint density at radius 2 is 1.96 bits per heavy atom. The number of alkyl halides is 3. The third-order valence-corrected chi connectivity index (χ3v) is 4.39. The molecule has 0 amide bonds. The number of pyridine rings is 1. The number of Topliss-reactive ketones (excluding diaryl/α,β-unsaturated/α-hetero) is 1. The molecule has 0 saturated carbocycles. The van der Waals surface area contributed by atoms with Crippen molar-refractivity contribution in [3.8, 4) is 0 Å². The molecular formula is C16H17F3N2OS. The van der Waals surface area contributed by atoms with Crippen LogP contribution in [0.25, 0.3) is 0 Å². The molecule has 124 valence electrons. The normalized spacial score (nSPS) is 11.7. The summed E-state index contributed by atoms with van der Waals surface area (Å²) in [7, 11) is 0. The molecule has 3 nitrogen and oxygen atoms in total. The number of carbonyl (C=O) groups excluding carboxylic acids is 1. The summed E-state index contributed by atoms with van der Waals surface area (Å²) >= 11 is 1.28. The lowest BCUT2D eigenvalue weighted by atomic mass is 10.2. The third-order valence-electron chi connectivity index (χ3n) is 3.45. The molecule has 7 heteroatoms. The second-order valence-electron chi connectivity index (χ2n) is 5.37. The lowest BCUT2D eigenvalue weighted by Crippen LogP contribution is -2.19. The molecule has 0 spiro atoms. The van der Waals surface area contributed by atoms with Gasteiger partial charge in [0.2, 0.25) is 0 Å². The van der Waals surface area contributed by atoms with Crippen LogP contribution in [-0.4, -0.2) is 27.3 Å². The Morgan fingerprint density at radius 1 is 1.26 bits per heavy atom. The molecule has 2 aromatic heterocycles. The number of aryl methyl sites for hydroxylation is 2. The largest absolute Gasteiger partial charge is 0.406 e. The van der Waals surface area contributed by atoms with Crippen molar-refractivity contribution in [1.82, 2.24) is 9.55 Å². The van der Waals surface area contributed by atoms with E-state index in [0.29, 0.717) is 22.0 Å². The highest BCUT2D eigenvalue weighted by Crippen LogP contribution is 2.25. The van der Waals surface area contributed by atoms with Crippen LogP contribution >= 0.6 is 11.8 Å². The minimum atomic E-state index is -4.31. The molecule has 0 aliphatic rings. The van der Waals surface area contributed by atoms with E-state index in [4.69, 9.17) is 0 Å². The predicted molar refractivity (Wildman–Crippen MR) is 84.0 cm³/mol. The molecule has 0 fully saturated rings. The van der Waals surface area contributed by atoms with Gasteiger partial charge >= 0.3 is 6.18 Å². The van der Waals surface area contributed by atoms with Crippen LogP contribution in [0.4, 0.5) is 13.2 Å². The Kier molecular flexibility index (Phi) is 5.19. The van der Waals surface area contributed by atoms with Gasteiger partial charge in [-0.3, -0.25) is 4.79 Å². The summed E-state index contributed by atoms with van der Waals surface area (Å²) in [6, 6.07) is 5.24. The fourth-order valence-corrected chi connectivity index (χ4v) is 2.99. The number of thioether (sulfide) groups is 1. The van der Waals surface area contributed by atoms with Gasteiger partial charge in [-0.25, -0.2) is 4.98 Å². The van der Waals surface area contributed by atoms with E-state index in [-0.39, 0.29) is 11.5 Å². The maximum absolute atomic E-state index is 12.6. The van der Waals surface area contributed by atoms with Gasteiger partial charge in [-0.15, -0.1) is 0 Å². The lowest BCUT2D eigenvalue weighted by Gasteiger charge is -2.12. The number of nitrogens with zero attached hydrogens (tertiary/aromatic N) is 2. The number of aromatic nitrogens is 2. The Labute approximate surface area is 136 Å². The summed E-state index contributed by atoms with van der Waals surface area (Å²) in [6.07, 6.45) is -2.60. The molecule has 2 aromatic rings. The van der Waals surface area contributed by atoms with Crippen molar-refractivity contribution in [2.45, 2.75) is 38.5 Å². The first-order valence-corrected chi connectivity index (χ1v) is 7.98. The van der Waals surface area contributed by atoms with E-state index in [9.17, 15) is 18.0 Å². The highest BCUT2D eigenvalue weighted by molar-refractivity contribution is 7.99. The molecule has 0 atom stereocenters. The SMILES string of the molecule is Cc1ccc(SCC(=O)c2cc(C)n(CC(F)(F)F)c2C)nc1. The van der Waals surface area contributed by atoms with Crippen molar-refractivity contribution in [1.29, 1.82) is 0 Å². The smallest absolute Gasteiger partial charge is 0.339 e. The van der Waals surface area contributed by atoms with Gasteiger partial charge in [-0.2, -0.15) is 13.2 Å². The minimum Gasteiger partial charge on any atom is -0.339 e. The summed E-state index contributed by atoms with van der Waals surface area (Å²) in [4.78, 5) is 16.5. The van der Waals surface area contributed by atoms with Crippen LogP contribution in [0.1, 0.15) is 27.3 Å². The molecule has 2 rings (SSSR count). The first-order valence-electron chi connectivity index (χ1n) is 6.99. The molecule has 0 aromatic carbocycles. The number of hydrogen-bond donors (Lipinski definition) is 0. The number of hydrogen-bond acceptors (Lipinski definition) is 3. The van der Waals surface area contributed by atoms with E-state index in [1.165, 1.54) is 17.8 Å². The van der Waals surface area contributed by atoms with E-state index >= 15 is 0 Å². The lowest BCUT2D eigenvalue weighted by molar-refractivity contribution is -0.141. The average Bonchev–Trinajstić information content (AvgIpc) is 2.73. The fourth-order valence-electron chi connectivity index (χ4n) is 2.26. The maximum Gasteiger partial charge on any atom is 0.406 e. The van der Waals surface area contributed by atoms with Crippen molar-refractivity contribution in [2.75, 3.05) is 5.75 Å². The van der Waals surface area contributed by atoms with Gasteiger partial charge in [0.1, 0.15) is 6.54 Å². The molecule has 0 radical (unpaired) electrons. The van der Waals surface area contributed by atoms with Crippen molar-refractivity contribution < 1.29 is 18.0 Å². The summed E-state index contributed by atoms with van der Waals surface area (Å²) in [5, 5.41) is 0.716. The fraction of sp³-hybridized carbons (Fsp3) is 0.375. The topological polar surface area (TPSA) is 34.9 Å². The van der Waals surface area contributed by atoms with Gasteiger partial charge in [0.15, 0.2) is 5.78 Å². The number of rotatable bonds is 5. The molecule has 2 heterocycles. The van der Waals surface area contributed by atoms with Gasteiger partial charge < -0.3 is 4.57 Å². The summed E-state index contributed by atoms with van der Waals surface area (Å²) in [5.74, 6) is -0.0503. The molecule has 23 heavy (non-hydrogen) atoms. The highest BCUT2D eigenvalue weighted by Gasteiger charge is 2.30. The van der Waals surface area contributed by atoms with Crippen LogP contribution in [0.5, 0.6) is 0 Å². The van der Waals surface area contributed by atoms with Crippen LogP contribution in [0.3, 0.4) is 0 Å². The summed E-state index contributed by atoms with van der Waals surface area (Å²) < 4.78 is 38.9. The van der Waals surface area contributed by atoms with Crippen molar-refractivity contribution in [3.63, 3.8) is 0 Å². The zero-order valence-electron chi connectivity index (χ0n) is 13.1. The van der Waals surface area contributed by atoms with E-state index in [1.54, 1.807) is 20.0 Å². The Morgan fingerprint density at radius 3 is 2.52 bits per heavy atom. The maximum atomic E-state index is 12.6. The van der Waals surface area contributed by atoms with Gasteiger partial charge in [0.05, 0.1) is 10.8 Å². The van der Waals surface area contributed by atoms with Crippen LogP contribution in [0, 0.1) is 20.8 Å². The molecule has 0 aliphatic carbocycles. The third kappa shape index (κ3) is 4.60. The van der Waals surface area contributed by atoms with Gasteiger partial charge in [-0.05, 0) is 38.5 Å². The number of halogens is 3. The van der Waals surface area contributed by atoms with E-state index < -0.39 is 12.7 Å². The molecule has 0 bridgehead atoms. The average molecular weight is 342 g/mol. The summed E-state index contributed by atoms with van der Waals surface area (Å²) in [6.45, 7) is 3.96. The first kappa shape index (κ1) is 17.6. The molecular weight excluding hydrogens is 325 g/mol. The standard InChI is InChI=1S/C16H17F3N2OS/c1-10-4-5-15(20-7-10)23-8-14(22)13-6-11(2)21(12(13)3)9-16(17,18)19/h4-7H,8-9H2,1-3H3. The van der Waals surface area contributed by atoms with E-state index in [1.807, 2.05) is 19.1 Å². The second kappa shape index (κ2) is 6.78. The Bertz CT molecular complexity index is 705. The van der Waals surface area contributed by atoms with Gasteiger partial charge in [0.25, 0.3) is 0 Å². The quantitative estimate of drug-likeness (QED) is 0.599. The molecule has 0 saturated heterocycles. The van der Waals surface area contributed by atoms with Crippen LogP contribution < -0.4 is 0 Å². The Balaban J connectivity index is 2.10. The zero-order valence-corrected chi connectivity index (χ0v) is 13.9. The minimum absolute atomic E-state index is 0.145. The van der Waals surface area contributed by atoms with E-state index in [0.717, 1.165) is 10.1 Å². The molecule has 0 N–H and O–H groups in total. The monoisotopic (exact) mass is 342 g/mol. The van der Waals surface area contributed by atoms with Crippen molar-refractivity contribution in [3.05, 3.63) is 46.9 Å². The zero-order chi connectivity index (χ0) is 17.2.